The van der Waals surface area contributed by atoms with E-state index in [1.807, 2.05) is 37.3 Å². The number of hydrogen-bond donors (Lipinski definition) is 1. The Balaban J connectivity index is 2.20. The largest absolute Gasteiger partial charge is 0.389 e. The molecule has 1 N–H and O–H groups in total. The Morgan fingerprint density at radius 1 is 1.33 bits per heavy atom. The van der Waals surface area contributed by atoms with Gasteiger partial charge in [-0.1, -0.05) is 42.4 Å². The maximum absolute atomic E-state index is 9.49. The van der Waals surface area contributed by atoms with Crippen molar-refractivity contribution in [3.63, 3.8) is 0 Å². The zero-order valence-corrected chi connectivity index (χ0v) is 8.92. The predicted molar refractivity (Wildman–Crippen MR) is 58.7 cm³/mol. The average molecular weight is 205 g/mol. The summed E-state index contributed by atoms with van der Waals surface area (Å²) in [7, 11) is 0. The van der Waals surface area contributed by atoms with E-state index < -0.39 is 6.10 Å². The van der Waals surface area contributed by atoms with Gasteiger partial charge in [-0.2, -0.15) is 0 Å². The monoisotopic (exact) mass is 205 g/mol. The molecule has 0 amide bonds. The van der Waals surface area contributed by atoms with Crippen LogP contribution in [0.5, 0.6) is 0 Å². The summed E-state index contributed by atoms with van der Waals surface area (Å²) in [6.07, 6.45) is -0.717. The van der Waals surface area contributed by atoms with Gasteiger partial charge in [0, 0.05) is 5.92 Å². The van der Waals surface area contributed by atoms with Crippen molar-refractivity contribution in [1.82, 2.24) is 0 Å². The quantitative estimate of drug-likeness (QED) is 0.800. The standard InChI is InChI=1S/C12H15NO2/c1-8-11(10-6-4-3-5-7-10)13-15-12(8)9(2)14/h3-9,12,14H,1-2H3/t8-,9+,12-/m0/s1. The smallest absolute Gasteiger partial charge is 0.161 e. The minimum Gasteiger partial charge on any atom is -0.389 e. The molecule has 1 heterocycles. The molecule has 80 valence electrons. The minimum atomic E-state index is -0.495. The maximum atomic E-state index is 9.49. The molecule has 1 aliphatic heterocycles. The van der Waals surface area contributed by atoms with Crippen molar-refractivity contribution in [2.45, 2.75) is 26.1 Å². The van der Waals surface area contributed by atoms with Crippen LogP contribution >= 0.6 is 0 Å². The average Bonchev–Trinajstić information content (AvgIpc) is 2.61. The van der Waals surface area contributed by atoms with Crippen molar-refractivity contribution < 1.29 is 9.94 Å². The number of oxime groups is 1. The van der Waals surface area contributed by atoms with Crippen molar-refractivity contribution in [1.29, 1.82) is 0 Å². The SMILES string of the molecule is C[C@@H](O)[C@H]1ON=C(c2ccccc2)[C@@H]1C. The lowest BCUT2D eigenvalue weighted by molar-refractivity contribution is -0.0242. The van der Waals surface area contributed by atoms with E-state index in [2.05, 4.69) is 5.16 Å². The van der Waals surface area contributed by atoms with Crippen LogP contribution in [0, 0.1) is 5.92 Å². The van der Waals surface area contributed by atoms with Gasteiger partial charge in [0.25, 0.3) is 0 Å². The molecule has 0 fully saturated rings. The number of hydrogen-bond acceptors (Lipinski definition) is 3. The van der Waals surface area contributed by atoms with E-state index in [0.29, 0.717) is 0 Å². The Morgan fingerprint density at radius 2 is 2.00 bits per heavy atom. The molecule has 1 aliphatic rings. The lowest BCUT2D eigenvalue weighted by atomic mass is 9.92. The second kappa shape index (κ2) is 4.03. The van der Waals surface area contributed by atoms with Crippen LogP contribution in [-0.2, 0) is 4.84 Å². The van der Waals surface area contributed by atoms with Crippen LogP contribution in [0.4, 0.5) is 0 Å². The van der Waals surface area contributed by atoms with E-state index in [4.69, 9.17) is 4.84 Å². The fraction of sp³-hybridized carbons (Fsp3) is 0.417. The number of rotatable bonds is 2. The van der Waals surface area contributed by atoms with Crippen LogP contribution in [0.15, 0.2) is 35.5 Å². The van der Waals surface area contributed by atoms with Gasteiger partial charge in [0.2, 0.25) is 0 Å². The van der Waals surface area contributed by atoms with Crippen molar-refractivity contribution in [3.8, 4) is 0 Å². The molecule has 15 heavy (non-hydrogen) atoms. The zero-order valence-electron chi connectivity index (χ0n) is 8.92. The van der Waals surface area contributed by atoms with Gasteiger partial charge in [-0.15, -0.1) is 0 Å². The number of nitrogens with zero attached hydrogens (tertiary/aromatic N) is 1. The molecule has 2 rings (SSSR count). The summed E-state index contributed by atoms with van der Waals surface area (Å²) >= 11 is 0. The third-order valence-electron chi connectivity index (χ3n) is 2.74. The molecular formula is C12H15NO2. The molecule has 3 atom stereocenters. The van der Waals surface area contributed by atoms with Crippen LogP contribution in [0.2, 0.25) is 0 Å². The maximum Gasteiger partial charge on any atom is 0.161 e. The van der Waals surface area contributed by atoms with E-state index >= 15 is 0 Å². The van der Waals surface area contributed by atoms with E-state index in [-0.39, 0.29) is 12.0 Å². The van der Waals surface area contributed by atoms with Crippen molar-refractivity contribution in [3.05, 3.63) is 35.9 Å². The molecule has 0 bridgehead atoms. The number of aliphatic hydroxyl groups is 1. The number of benzene rings is 1. The van der Waals surface area contributed by atoms with Crippen LogP contribution in [0.25, 0.3) is 0 Å². The third kappa shape index (κ3) is 1.88. The Kier molecular flexibility index (Phi) is 2.73. The van der Waals surface area contributed by atoms with Gasteiger partial charge in [0.05, 0.1) is 11.8 Å². The second-order valence-corrected chi connectivity index (χ2v) is 3.94. The predicted octanol–water partition coefficient (Wildman–Crippen LogP) is 1.81. The molecule has 3 nitrogen and oxygen atoms in total. The Hall–Kier alpha value is -1.35. The fourth-order valence-electron chi connectivity index (χ4n) is 1.88. The van der Waals surface area contributed by atoms with Gasteiger partial charge in [-0.3, -0.25) is 0 Å². The molecular weight excluding hydrogens is 190 g/mol. The van der Waals surface area contributed by atoms with Crippen LogP contribution in [-0.4, -0.2) is 23.0 Å². The zero-order chi connectivity index (χ0) is 10.8. The molecule has 0 unspecified atom stereocenters. The van der Waals surface area contributed by atoms with Gasteiger partial charge in [0.15, 0.2) is 6.10 Å². The lowest BCUT2D eigenvalue weighted by Crippen LogP contribution is -2.31. The summed E-state index contributed by atoms with van der Waals surface area (Å²) in [5.41, 5.74) is 1.98. The van der Waals surface area contributed by atoms with E-state index in [0.717, 1.165) is 11.3 Å². The normalized spacial score (nSPS) is 27.0. The first-order valence-corrected chi connectivity index (χ1v) is 5.17. The lowest BCUT2D eigenvalue weighted by Gasteiger charge is -2.16. The minimum absolute atomic E-state index is 0.132. The molecule has 0 saturated heterocycles. The summed E-state index contributed by atoms with van der Waals surface area (Å²) in [6, 6.07) is 9.92. The summed E-state index contributed by atoms with van der Waals surface area (Å²) in [5, 5.41) is 13.5. The summed E-state index contributed by atoms with van der Waals surface area (Å²) < 4.78 is 0. The van der Waals surface area contributed by atoms with Crippen LogP contribution in [0.1, 0.15) is 19.4 Å². The van der Waals surface area contributed by atoms with Crippen molar-refractivity contribution in [2.24, 2.45) is 11.1 Å². The summed E-state index contributed by atoms with van der Waals surface area (Å²) in [4.78, 5) is 5.23. The highest BCUT2D eigenvalue weighted by Crippen LogP contribution is 2.24. The van der Waals surface area contributed by atoms with Crippen molar-refractivity contribution >= 4 is 5.71 Å². The highest BCUT2D eigenvalue weighted by Gasteiger charge is 2.34. The van der Waals surface area contributed by atoms with E-state index in [1.54, 1.807) is 6.92 Å². The fourth-order valence-corrected chi connectivity index (χ4v) is 1.88. The summed E-state index contributed by atoms with van der Waals surface area (Å²) in [5.74, 6) is 0.132. The third-order valence-corrected chi connectivity index (χ3v) is 2.74. The Morgan fingerprint density at radius 3 is 2.53 bits per heavy atom. The second-order valence-electron chi connectivity index (χ2n) is 3.94. The van der Waals surface area contributed by atoms with E-state index in [9.17, 15) is 5.11 Å². The highest BCUT2D eigenvalue weighted by atomic mass is 16.7. The molecule has 0 spiro atoms. The molecule has 0 radical (unpaired) electrons. The first-order chi connectivity index (χ1) is 7.20. The van der Waals surface area contributed by atoms with Crippen LogP contribution < -0.4 is 0 Å². The molecule has 3 heteroatoms. The first kappa shape index (κ1) is 10.2. The van der Waals surface area contributed by atoms with Gasteiger partial charge in [0.1, 0.15) is 0 Å². The molecule has 1 aromatic carbocycles. The van der Waals surface area contributed by atoms with Crippen molar-refractivity contribution in [2.75, 3.05) is 0 Å². The highest BCUT2D eigenvalue weighted by molar-refractivity contribution is 6.02. The Bertz CT molecular complexity index is 359. The molecule has 1 aromatic rings. The van der Waals surface area contributed by atoms with Gasteiger partial charge in [-0.05, 0) is 12.5 Å². The molecule has 0 aliphatic carbocycles. The molecule has 0 aromatic heterocycles. The van der Waals surface area contributed by atoms with Gasteiger partial charge < -0.3 is 9.94 Å². The molecule has 0 saturated carbocycles. The Labute approximate surface area is 89.4 Å². The van der Waals surface area contributed by atoms with Gasteiger partial charge >= 0.3 is 0 Å². The van der Waals surface area contributed by atoms with E-state index in [1.165, 1.54) is 0 Å². The summed E-state index contributed by atoms with van der Waals surface area (Å²) in [6.45, 7) is 3.75. The topological polar surface area (TPSA) is 41.8 Å². The first-order valence-electron chi connectivity index (χ1n) is 5.17. The van der Waals surface area contributed by atoms with Gasteiger partial charge in [-0.25, -0.2) is 0 Å². The van der Waals surface area contributed by atoms with Crippen LogP contribution in [0.3, 0.4) is 0 Å². The number of aliphatic hydroxyl groups excluding tert-OH is 1.